The molecule has 0 amide bonds. The molecule has 3 nitrogen and oxygen atoms in total. The zero-order valence-corrected chi connectivity index (χ0v) is 11.7. The minimum atomic E-state index is -2.58. The van der Waals surface area contributed by atoms with E-state index in [0.717, 1.165) is 6.54 Å². The third-order valence-corrected chi connectivity index (χ3v) is 7.09. The smallest absolute Gasteiger partial charge is 0.245 e. The van der Waals surface area contributed by atoms with Crippen molar-refractivity contribution in [3.05, 3.63) is 0 Å². The Kier molecular flexibility index (Phi) is 6.74. The average molecular weight is 269 g/mol. The topological polar surface area (TPSA) is 41.5 Å². The highest BCUT2D eigenvalue weighted by Gasteiger charge is 2.23. The van der Waals surface area contributed by atoms with Crippen molar-refractivity contribution in [1.82, 2.24) is 5.32 Å². The van der Waals surface area contributed by atoms with Crippen LogP contribution in [0, 0.1) is 0 Å². The van der Waals surface area contributed by atoms with Crippen molar-refractivity contribution in [3.63, 3.8) is 0 Å². The van der Waals surface area contributed by atoms with Gasteiger partial charge in [-0.15, -0.1) is 0 Å². The second-order valence-corrected chi connectivity index (χ2v) is 10.1. The molecule has 1 fully saturated rings. The van der Waals surface area contributed by atoms with E-state index in [-0.39, 0.29) is 0 Å². The molecule has 0 aliphatic heterocycles. The van der Waals surface area contributed by atoms with Gasteiger partial charge in [0, 0.05) is 11.8 Å². The molecule has 0 aromatic rings. The Morgan fingerprint density at radius 2 is 2.13 bits per heavy atom. The van der Waals surface area contributed by atoms with E-state index in [1.165, 1.54) is 43.5 Å². The van der Waals surface area contributed by atoms with Gasteiger partial charge in [0.1, 0.15) is 0 Å². The maximum atomic E-state index is 9.93. The predicted molar refractivity (Wildman–Crippen MR) is 70.8 cm³/mol. The van der Waals surface area contributed by atoms with Crippen LogP contribution >= 0.6 is 17.1 Å². The lowest BCUT2D eigenvalue weighted by atomic mass is 10.0. The summed E-state index contributed by atoms with van der Waals surface area (Å²) in [5.41, 5.74) is -2.58. The predicted octanol–water partition coefficient (Wildman–Crippen LogP) is 2.51. The van der Waals surface area contributed by atoms with Crippen LogP contribution in [0.3, 0.4) is 0 Å². The monoisotopic (exact) mass is 269 g/mol. The summed E-state index contributed by atoms with van der Waals surface area (Å²) in [6.07, 6.45) is 6.22. The maximum absolute atomic E-state index is 9.93. The molecule has 0 spiro atoms. The minimum absolute atomic E-state index is 0.504. The van der Waals surface area contributed by atoms with E-state index in [2.05, 4.69) is 5.32 Å². The van der Waals surface area contributed by atoms with Crippen LogP contribution in [-0.4, -0.2) is 30.3 Å². The van der Waals surface area contributed by atoms with Crippen LogP contribution in [0.5, 0.6) is 0 Å². The minimum Gasteiger partial charge on any atom is -0.337 e. The molecule has 6 heteroatoms. The summed E-state index contributed by atoms with van der Waals surface area (Å²) in [6, 6.07) is 0. The third-order valence-electron chi connectivity index (χ3n) is 2.44. The zero-order chi connectivity index (χ0) is 11.1. The molecule has 0 saturated heterocycles. The molecule has 2 N–H and O–H groups in total. The normalized spacial score (nSPS) is 22.5. The number of hydrogen-bond acceptors (Lipinski definition) is 4. The van der Waals surface area contributed by atoms with Crippen molar-refractivity contribution < 1.29 is 9.42 Å². The molecule has 1 unspecified atom stereocenters. The van der Waals surface area contributed by atoms with E-state index in [1.54, 1.807) is 0 Å². The van der Waals surface area contributed by atoms with Crippen LogP contribution in [0.1, 0.15) is 32.1 Å². The summed E-state index contributed by atoms with van der Waals surface area (Å²) >= 11 is 6.62. The fraction of sp³-hybridized carbons (Fsp3) is 1.00. The molecule has 0 aromatic carbocycles. The Labute approximate surface area is 101 Å². The largest absolute Gasteiger partial charge is 0.337 e. The molecule has 0 aromatic heterocycles. The van der Waals surface area contributed by atoms with E-state index < -0.39 is 5.69 Å². The van der Waals surface area contributed by atoms with Crippen molar-refractivity contribution >= 4 is 28.9 Å². The lowest BCUT2D eigenvalue weighted by Crippen LogP contribution is -2.14. The first-order chi connectivity index (χ1) is 7.14. The first kappa shape index (κ1) is 13.9. The van der Waals surface area contributed by atoms with Gasteiger partial charge in [-0.1, -0.05) is 30.6 Å². The van der Waals surface area contributed by atoms with Gasteiger partial charge in [0.05, 0.1) is 6.61 Å². The van der Waals surface area contributed by atoms with Crippen molar-refractivity contribution in [2.45, 2.75) is 37.4 Å². The van der Waals surface area contributed by atoms with Crippen LogP contribution < -0.4 is 5.32 Å². The summed E-state index contributed by atoms with van der Waals surface area (Å²) < 4.78 is 5.35. The molecule has 1 aliphatic carbocycles. The molecular formula is C9H20NO2PS2. The summed E-state index contributed by atoms with van der Waals surface area (Å²) in [7, 11) is 1.86. The van der Waals surface area contributed by atoms with Crippen molar-refractivity contribution in [1.29, 1.82) is 0 Å². The molecule has 1 atom stereocenters. The molecule has 1 aliphatic rings. The Morgan fingerprint density at radius 3 is 2.73 bits per heavy atom. The molecule has 90 valence electrons. The van der Waals surface area contributed by atoms with Crippen LogP contribution in [0.2, 0.25) is 0 Å². The second-order valence-electron chi connectivity index (χ2n) is 3.77. The van der Waals surface area contributed by atoms with Crippen molar-refractivity contribution in [3.8, 4) is 0 Å². The van der Waals surface area contributed by atoms with Gasteiger partial charge in [0.25, 0.3) is 0 Å². The van der Waals surface area contributed by atoms with Gasteiger partial charge >= 0.3 is 0 Å². The number of likely N-dealkylation sites (N-methyl/N-ethyl adjacent to an activating group) is 1. The number of hydrogen-bond donors (Lipinski definition) is 2. The van der Waals surface area contributed by atoms with Gasteiger partial charge in [-0.25, -0.2) is 0 Å². The maximum Gasteiger partial charge on any atom is 0.245 e. The second kappa shape index (κ2) is 7.25. The molecule has 0 heterocycles. The Hall–Kier alpha value is 0.880. The molecule has 1 saturated carbocycles. The SMILES string of the molecule is CNCCOP(O)(=S)SC1CCCCC1. The quantitative estimate of drug-likeness (QED) is 0.573. The molecule has 1 rings (SSSR count). The first-order valence-corrected chi connectivity index (χ1v) is 9.60. The van der Waals surface area contributed by atoms with Crippen LogP contribution in [0.15, 0.2) is 0 Å². The highest BCUT2D eigenvalue weighted by Crippen LogP contribution is 2.59. The highest BCUT2D eigenvalue weighted by atomic mass is 32.9. The lowest BCUT2D eigenvalue weighted by molar-refractivity contribution is 0.320. The van der Waals surface area contributed by atoms with E-state index in [1.807, 2.05) is 7.05 Å². The molecular weight excluding hydrogens is 249 g/mol. The summed E-state index contributed by atoms with van der Waals surface area (Å²) in [6.45, 7) is 1.24. The number of rotatable bonds is 6. The van der Waals surface area contributed by atoms with Gasteiger partial charge in [-0.05, 0) is 31.7 Å². The van der Waals surface area contributed by atoms with Crippen LogP contribution in [-0.2, 0) is 16.3 Å². The van der Waals surface area contributed by atoms with Gasteiger partial charge in [-0.2, -0.15) is 0 Å². The Bertz CT molecular complexity index is 222. The van der Waals surface area contributed by atoms with E-state index >= 15 is 0 Å². The third kappa shape index (κ3) is 6.25. The van der Waals surface area contributed by atoms with Gasteiger partial charge in [0.15, 0.2) is 0 Å². The van der Waals surface area contributed by atoms with Crippen LogP contribution in [0.4, 0.5) is 0 Å². The van der Waals surface area contributed by atoms with Crippen molar-refractivity contribution in [2.75, 3.05) is 20.2 Å². The van der Waals surface area contributed by atoms with Crippen LogP contribution in [0.25, 0.3) is 0 Å². The Morgan fingerprint density at radius 1 is 1.47 bits per heavy atom. The van der Waals surface area contributed by atoms with Gasteiger partial charge in [-0.3, -0.25) is 0 Å². The highest BCUT2D eigenvalue weighted by molar-refractivity contribution is 8.67. The fourth-order valence-corrected chi connectivity index (χ4v) is 6.44. The van der Waals surface area contributed by atoms with E-state index in [4.69, 9.17) is 16.3 Å². The summed E-state index contributed by atoms with van der Waals surface area (Å²) in [4.78, 5) is 9.93. The molecule has 0 radical (unpaired) electrons. The summed E-state index contributed by atoms with van der Waals surface area (Å²) in [5, 5.41) is 3.49. The fourth-order valence-electron chi connectivity index (χ4n) is 1.65. The van der Waals surface area contributed by atoms with E-state index in [0.29, 0.717) is 11.9 Å². The standard InChI is InChI=1S/C9H20NO2PS2/c1-10-7-8-12-13(11,14)15-9-5-3-2-4-6-9/h9-10H,2-8H2,1H3,(H,11,14). The Balaban J connectivity index is 2.24. The summed E-state index contributed by atoms with van der Waals surface area (Å²) in [5.74, 6) is 0. The average Bonchev–Trinajstić information content (AvgIpc) is 2.18. The van der Waals surface area contributed by atoms with Crippen molar-refractivity contribution in [2.24, 2.45) is 0 Å². The van der Waals surface area contributed by atoms with Gasteiger partial charge in [0.2, 0.25) is 5.69 Å². The zero-order valence-electron chi connectivity index (χ0n) is 9.15. The molecule has 15 heavy (non-hydrogen) atoms. The first-order valence-electron chi connectivity index (χ1n) is 5.44. The van der Waals surface area contributed by atoms with E-state index in [9.17, 15) is 4.89 Å². The molecule has 0 bridgehead atoms. The van der Waals surface area contributed by atoms with Gasteiger partial charge < -0.3 is 14.7 Å². The lowest BCUT2D eigenvalue weighted by Gasteiger charge is -2.24. The number of nitrogens with one attached hydrogen (secondary N) is 1.